The standard InChI is InChI=1S/C3H8O2.K.NO3/c1-3(5)2-4;;2-1(3)4/h3-5H,2H2,1H3;;/q;+1;-1. The molecule has 0 aromatic heterocycles. The summed E-state index contributed by atoms with van der Waals surface area (Å²) in [5, 5.41) is 30.8. The van der Waals surface area contributed by atoms with Crippen molar-refractivity contribution in [2.75, 3.05) is 6.61 Å². The van der Waals surface area contributed by atoms with Crippen molar-refractivity contribution in [3.63, 3.8) is 0 Å². The van der Waals surface area contributed by atoms with E-state index >= 15 is 0 Å². The molecular formula is C3H8KNO5. The first kappa shape index (κ1) is 17.0. The van der Waals surface area contributed by atoms with E-state index in [2.05, 4.69) is 0 Å². The van der Waals surface area contributed by atoms with E-state index in [1.54, 1.807) is 0 Å². The van der Waals surface area contributed by atoms with Gasteiger partial charge in [0.05, 0.1) is 17.8 Å². The van der Waals surface area contributed by atoms with E-state index in [-0.39, 0.29) is 58.0 Å². The first-order chi connectivity index (χ1) is 4.00. The van der Waals surface area contributed by atoms with Crippen molar-refractivity contribution >= 4 is 0 Å². The summed E-state index contributed by atoms with van der Waals surface area (Å²) in [6, 6.07) is 0. The molecule has 0 fully saturated rings. The minimum Gasteiger partial charge on any atom is -0.394 e. The third-order valence-corrected chi connectivity index (χ3v) is 0.264. The molecule has 0 aliphatic carbocycles. The van der Waals surface area contributed by atoms with E-state index in [0.717, 1.165) is 0 Å². The topological polar surface area (TPSA) is 107 Å². The first-order valence-electron chi connectivity index (χ1n) is 2.11. The Bertz CT molecular complexity index is 73.3. The minimum atomic E-state index is -1.75. The van der Waals surface area contributed by atoms with Gasteiger partial charge in [0.2, 0.25) is 0 Å². The Morgan fingerprint density at radius 1 is 1.60 bits per heavy atom. The Morgan fingerprint density at radius 2 is 1.70 bits per heavy atom. The van der Waals surface area contributed by atoms with Crippen molar-refractivity contribution in [3.05, 3.63) is 15.3 Å². The van der Waals surface area contributed by atoms with Gasteiger partial charge in [-0.25, -0.2) is 0 Å². The van der Waals surface area contributed by atoms with Gasteiger partial charge in [0, 0.05) is 0 Å². The Morgan fingerprint density at radius 3 is 1.70 bits per heavy atom. The van der Waals surface area contributed by atoms with Gasteiger partial charge in [0.1, 0.15) is 0 Å². The van der Waals surface area contributed by atoms with E-state index in [4.69, 9.17) is 25.5 Å². The Hall–Kier alpha value is 0.756. The van der Waals surface area contributed by atoms with Crippen LogP contribution in [0.1, 0.15) is 6.92 Å². The maximum absolute atomic E-state index is 8.25. The quantitative estimate of drug-likeness (QED) is 0.242. The summed E-state index contributed by atoms with van der Waals surface area (Å²) >= 11 is 0. The number of hydrogen-bond donors (Lipinski definition) is 2. The van der Waals surface area contributed by atoms with E-state index in [1.165, 1.54) is 6.92 Å². The van der Waals surface area contributed by atoms with Crippen LogP contribution in [0, 0.1) is 15.3 Å². The van der Waals surface area contributed by atoms with Gasteiger partial charge in [-0.05, 0) is 6.92 Å². The zero-order chi connectivity index (χ0) is 7.86. The molecule has 6 nitrogen and oxygen atoms in total. The van der Waals surface area contributed by atoms with Crippen LogP contribution in [0.5, 0.6) is 0 Å². The van der Waals surface area contributed by atoms with Crippen molar-refractivity contribution in [1.29, 1.82) is 0 Å². The van der Waals surface area contributed by atoms with Crippen LogP contribution in [0.2, 0.25) is 0 Å². The normalized spacial score (nSPS) is 9.90. The number of hydrogen-bond acceptors (Lipinski definition) is 5. The average Bonchev–Trinajstić information content (AvgIpc) is 1.65. The van der Waals surface area contributed by atoms with E-state index in [0.29, 0.717) is 0 Å². The molecule has 0 aromatic rings. The monoisotopic (exact) mass is 177 g/mol. The molecule has 1 unspecified atom stereocenters. The fraction of sp³-hybridized carbons (Fsp3) is 1.00. The second kappa shape index (κ2) is 12.4. The zero-order valence-electron chi connectivity index (χ0n) is 5.85. The van der Waals surface area contributed by atoms with Crippen molar-refractivity contribution in [1.82, 2.24) is 0 Å². The summed E-state index contributed by atoms with van der Waals surface area (Å²) in [6.45, 7) is 1.39. The maximum atomic E-state index is 8.25. The zero-order valence-corrected chi connectivity index (χ0v) is 8.97. The molecule has 0 aliphatic heterocycles. The van der Waals surface area contributed by atoms with Crippen LogP contribution in [0.3, 0.4) is 0 Å². The van der Waals surface area contributed by atoms with Crippen LogP contribution < -0.4 is 51.4 Å². The smallest absolute Gasteiger partial charge is 0.394 e. The molecule has 0 bridgehead atoms. The molecule has 7 heteroatoms. The summed E-state index contributed by atoms with van der Waals surface area (Å²) < 4.78 is 0. The second-order valence-electron chi connectivity index (χ2n) is 1.26. The molecule has 0 aliphatic rings. The average molecular weight is 177 g/mol. The molecule has 0 rings (SSSR count). The van der Waals surface area contributed by atoms with Crippen molar-refractivity contribution in [2.24, 2.45) is 0 Å². The molecule has 0 saturated heterocycles. The summed E-state index contributed by atoms with van der Waals surface area (Å²) in [4.78, 5) is 8.25. The van der Waals surface area contributed by atoms with E-state index < -0.39 is 11.2 Å². The summed E-state index contributed by atoms with van der Waals surface area (Å²) in [7, 11) is 0. The van der Waals surface area contributed by atoms with Gasteiger partial charge in [-0.15, -0.1) is 0 Å². The van der Waals surface area contributed by atoms with Crippen LogP contribution in [0.4, 0.5) is 0 Å². The molecule has 0 heterocycles. The van der Waals surface area contributed by atoms with Gasteiger partial charge in [0.15, 0.2) is 0 Å². The van der Waals surface area contributed by atoms with Crippen molar-refractivity contribution < 1.29 is 66.7 Å². The number of aliphatic hydroxyl groups is 2. The molecule has 0 amide bonds. The molecule has 0 aromatic carbocycles. The SMILES string of the molecule is CC(O)CO.O=[N+]([O-])[O-].[K+]. The maximum Gasteiger partial charge on any atom is 1.00 e. The molecule has 0 saturated carbocycles. The van der Waals surface area contributed by atoms with Gasteiger partial charge in [-0.3, -0.25) is 0 Å². The molecule has 0 radical (unpaired) electrons. The van der Waals surface area contributed by atoms with Gasteiger partial charge in [0.25, 0.3) is 0 Å². The fourth-order valence-corrected chi connectivity index (χ4v) is 0. The predicted octanol–water partition coefficient (Wildman–Crippen LogP) is -3.88. The van der Waals surface area contributed by atoms with Crippen LogP contribution >= 0.6 is 0 Å². The van der Waals surface area contributed by atoms with Crippen LogP contribution in [0.25, 0.3) is 0 Å². The molecule has 2 N–H and O–H groups in total. The van der Waals surface area contributed by atoms with Gasteiger partial charge in [-0.1, -0.05) is 0 Å². The summed E-state index contributed by atoms with van der Waals surface area (Å²) in [6.07, 6.45) is -0.560. The minimum absolute atomic E-state index is 0. The van der Waals surface area contributed by atoms with Crippen LogP contribution in [-0.2, 0) is 0 Å². The third kappa shape index (κ3) is 69.3. The largest absolute Gasteiger partial charge is 1.00 e. The number of nitrogens with zero attached hydrogens (tertiary/aromatic N) is 1. The Kier molecular flexibility index (Phi) is 21.2. The Balaban J connectivity index is -0.0000000910. The molecular weight excluding hydrogens is 169 g/mol. The van der Waals surface area contributed by atoms with Gasteiger partial charge in [-0.2, -0.15) is 0 Å². The first-order valence-corrected chi connectivity index (χ1v) is 2.11. The molecule has 0 spiro atoms. The second-order valence-corrected chi connectivity index (χ2v) is 1.26. The molecule has 1 atom stereocenters. The summed E-state index contributed by atoms with van der Waals surface area (Å²) in [5.41, 5.74) is 0. The van der Waals surface area contributed by atoms with Crippen molar-refractivity contribution in [3.8, 4) is 0 Å². The van der Waals surface area contributed by atoms with E-state index in [1.807, 2.05) is 0 Å². The Labute approximate surface area is 100 Å². The number of aliphatic hydroxyl groups excluding tert-OH is 2. The van der Waals surface area contributed by atoms with Gasteiger partial charge < -0.3 is 25.5 Å². The molecule has 56 valence electrons. The number of rotatable bonds is 1. The summed E-state index contributed by atoms with van der Waals surface area (Å²) in [5.74, 6) is 0. The predicted molar refractivity (Wildman–Crippen MR) is 29.1 cm³/mol. The van der Waals surface area contributed by atoms with E-state index in [9.17, 15) is 0 Å². The van der Waals surface area contributed by atoms with Crippen LogP contribution in [-0.4, -0.2) is 28.0 Å². The van der Waals surface area contributed by atoms with Crippen molar-refractivity contribution in [2.45, 2.75) is 13.0 Å². The third-order valence-electron chi connectivity index (χ3n) is 0.264. The van der Waals surface area contributed by atoms with Crippen LogP contribution in [0.15, 0.2) is 0 Å². The molecule has 10 heavy (non-hydrogen) atoms. The van der Waals surface area contributed by atoms with Gasteiger partial charge >= 0.3 is 51.4 Å². The fourth-order valence-electron chi connectivity index (χ4n) is 0.